The Kier molecular flexibility index (Phi) is 5.95. The van der Waals surface area contributed by atoms with E-state index in [1.165, 1.54) is 4.90 Å². The van der Waals surface area contributed by atoms with E-state index in [-0.39, 0.29) is 24.3 Å². The third-order valence-corrected chi connectivity index (χ3v) is 4.81. The molecule has 0 N–H and O–H groups in total. The molecule has 2 saturated heterocycles. The highest BCUT2D eigenvalue weighted by Crippen LogP contribution is 2.33. The van der Waals surface area contributed by atoms with Crippen LogP contribution < -0.4 is 9.64 Å². The van der Waals surface area contributed by atoms with E-state index in [0.717, 1.165) is 0 Å². The van der Waals surface area contributed by atoms with Crippen molar-refractivity contribution in [3.63, 3.8) is 0 Å². The lowest BCUT2D eigenvalue weighted by molar-refractivity contribution is -0.123. The van der Waals surface area contributed by atoms with Crippen LogP contribution in [0.5, 0.6) is 5.75 Å². The molecule has 2 aliphatic rings. The third kappa shape index (κ3) is 3.90. The van der Waals surface area contributed by atoms with Crippen LogP contribution in [0.3, 0.4) is 0 Å². The summed E-state index contributed by atoms with van der Waals surface area (Å²) in [5.41, 5.74) is 0.488. The van der Waals surface area contributed by atoms with Gasteiger partial charge in [-0.15, -0.1) is 0 Å². The minimum Gasteiger partial charge on any atom is -0.492 e. The van der Waals surface area contributed by atoms with E-state index in [1.807, 2.05) is 17.9 Å². The van der Waals surface area contributed by atoms with Crippen molar-refractivity contribution in [2.75, 3.05) is 44.3 Å². The highest BCUT2D eigenvalue weighted by molar-refractivity contribution is 6.23. The predicted octanol–water partition coefficient (Wildman–Crippen LogP) is 1.49. The van der Waals surface area contributed by atoms with Crippen molar-refractivity contribution >= 4 is 23.6 Å². The number of rotatable bonds is 5. The van der Waals surface area contributed by atoms with E-state index in [0.29, 0.717) is 50.8 Å². The van der Waals surface area contributed by atoms with Gasteiger partial charge in [0, 0.05) is 26.2 Å². The Morgan fingerprint density at radius 1 is 1.07 bits per heavy atom. The van der Waals surface area contributed by atoms with Gasteiger partial charge in [-0.1, -0.05) is 12.1 Å². The predicted molar refractivity (Wildman–Crippen MR) is 98.7 cm³/mol. The summed E-state index contributed by atoms with van der Waals surface area (Å²) in [7, 11) is 0. The van der Waals surface area contributed by atoms with Crippen molar-refractivity contribution in [3.8, 4) is 5.75 Å². The van der Waals surface area contributed by atoms with E-state index >= 15 is 0 Å². The Balaban J connectivity index is 1.70. The van der Waals surface area contributed by atoms with E-state index < -0.39 is 6.04 Å². The molecular formula is C19H25N3O5. The van der Waals surface area contributed by atoms with Gasteiger partial charge < -0.3 is 14.4 Å². The average Bonchev–Trinajstić information content (AvgIpc) is 2.97. The van der Waals surface area contributed by atoms with Crippen molar-refractivity contribution in [2.45, 2.75) is 26.3 Å². The van der Waals surface area contributed by atoms with Crippen LogP contribution in [0.4, 0.5) is 10.5 Å². The molecule has 2 aliphatic heterocycles. The molecule has 0 radical (unpaired) electrons. The second-order valence-corrected chi connectivity index (χ2v) is 6.41. The molecule has 2 heterocycles. The molecule has 0 aliphatic carbocycles. The third-order valence-electron chi connectivity index (χ3n) is 4.81. The minimum absolute atomic E-state index is 0.138. The smallest absolute Gasteiger partial charge is 0.409 e. The number of nitrogens with zero attached hydrogens (tertiary/aromatic N) is 3. The van der Waals surface area contributed by atoms with Crippen LogP contribution >= 0.6 is 0 Å². The number of carbonyl (C=O) groups excluding carboxylic acids is 3. The number of anilines is 1. The Morgan fingerprint density at radius 3 is 2.44 bits per heavy atom. The van der Waals surface area contributed by atoms with Gasteiger partial charge in [-0.05, 0) is 26.0 Å². The topological polar surface area (TPSA) is 79.4 Å². The zero-order valence-corrected chi connectivity index (χ0v) is 15.7. The van der Waals surface area contributed by atoms with E-state index in [2.05, 4.69) is 0 Å². The first kappa shape index (κ1) is 19.2. The SMILES string of the molecule is CCOC(=O)N1CCN([C@H]2CC(=O)N(c3ccccc3OCC)C2=O)CC1. The van der Waals surface area contributed by atoms with Crippen LogP contribution in [0.2, 0.25) is 0 Å². The second kappa shape index (κ2) is 8.39. The zero-order chi connectivity index (χ0) is 19.4. The minimum atomic E-state index is -0.503. The second-order valence-electron chi connectivity index (χ2n) is 6.41. The molecule has 0 saturated carbocycles. The van der Waals surface area contributed by atoms with Crippen LogP contribution in [0.25, 0.3) is 0 Å². The lowest BCUT2D eigenvalue weighted by Gasteiger charge is -2.36. The summed E-state index contributed by atoms with van der Waals surface area (Å²) in [6.45, 7) is 6.43. The van der Waals surface area contributed by atoms with E-state index in [1.54, 1.807) is 30.0 Å². The summed E-state index contributed by atoms with van der Waals surface area (Å²) in [5, 5.41) is 0. The summed E-state index contributed by atoms with van der Waals surface area (Å²) >= 11 is 0. The monoisotopic (exact) mass is 375 g/mol. The Morgan fingerprint density at radius 2 is 1.78 bits per heavy atom. The largest absolute Gasteiger partial charge is 0.492 e. The fraction of sp³-hybridized carbons (Fsp3) is 0.526. The first-order valence-corrected chi connectivity index (χ1v) is 9.31. The fourth-order valence-electron chi connectivity index (χ4n) is 3.50. The van der Waals surface area contributed by atoms with Gasteiger partial charge in [0.15, 0.2) is 0 Å². The van der Waals surface area contributed by atoms with Crippen LogP contribution in [-0.4, -0.2) is 73.1 Å². The normalized spacial score (nSPS) is 20.9. The number of para-hydroxylation sites is 2. The van der Waals surface area contributed by atoms with Crippen molar-refractivity contribution in [3.05, 3.63) is 24.3 Å². The van der Waals surface area contributed by atoms with Gasteiger partial charge in [0.25, 0.3) is 5.91 Å². The number of amides is 3. The zero-order valence-electron chi connectivity index (χ0n) is 15.7. The molecule has 1 aromatic rings. The van der Waals surface area contributed by atoms with Crippen LogP contribution in [0.15, 0.2) is 24.3 Å². The standard InChI is InChI=1S/C19H25N3O5/c1-3-26-16-8-6-5-7-14(16)22-17(23)13-15(18(22)24)20-9-11-21(12-10-20)19(25)27-4-2/h5-8,15H,3-4,9-13H2,1-2H3/t15-/m0/s1. The van der Waals surface area contributed by atoms with E-state index in [4.69, 9.17) is 9.47 Å². The van der Waals surface area contributed by atoms with Crippen molar-refractivity contribution in [1.29, 1.82) is 0 Å². The van der Waals surface area contributed by atoms with Crippen molar-refractivity contribution in [1.82, 2.24) is 9.80 Å². The van der Waals surface area contributed by atoms with Gasteiger partial charge in [-0.2, -0.15) is 0 Å². The Bertz CT molecular complexity index is 715. The number of benzene rings is 1. The first-order chi connectivity index (χ1) is 13.1. The molecule has 2 fully saturated rings. The maximum atomic E-state index is 13.0. The highest BCUT2D eigenvalue weighted by atomic mass is 16.6. The molecule has 1 aromatic carbocycles. The van der Waals surface area contributed by atoms with Gasteiger partial charge in [0.05, 0.1) is 31.4 Å². The molecule has 1 atom stereocenters. The number of piperazine rings is 1. The van der Waals surface area contributed by atoms with Gasteiger partial charge >= 0.3 is 6.09 Å². The Labute approximate surface area is 158 Å². The van der Waals surface area contributed by atoms with Crippen LogP contribution in [-0.2, 0) is 14.3 Å². The molecule has 27 heavy (non-hydrogen) atoms. The van der Waals surface area contributed by atoms with Gasteiger partial charge in [-0.25, -0.2) is 9.69 Å². The summed E-state index contributed by atoms with van der Waals surface area (Å²) < 4.78 is 10.6. The number of hydrogen-bond acceptors (Lipinski definition) is 6. The summed E-state index contributed by atoms with van der Waals surface area (Å²) in [4.78, 5) is 42.2. The van der Waals surface area contributed by atoms with Crippen molar-refractivity contribution < 1.29 is 23.9 Å². The Hall–Kier alpha value is -2.61. The molecule has 8 heteroatoms. The number of carbonyl (C=O) groups is 3. The van der Waals surface area contributed by atoms with Gasteiger partial charge in [-0.3, -0.25) is 14.5 Å². The molecule has 3 rings (SSSR count). The molecule has 146 valence electrons. The maximum absolute atomic E-state index is 13.0. The van der Waals surface area contributed by atoms with Gasteiger partial charge in [0.1, 0.15) is 5.75 Å². The molecule has 3 amide bonds. The van der Waals surface area contributed by atoms with Crippen LogP contribution in [0, 0.1) is 0 Å². The molecule has 0 spiro atoms. The van der Waals surface area contributed by atoms with Crippen LogP contribution in [0.1, 0.15) is 20.3 Å². The summed E-state index contributed by atoms with van der Waals surface area (Å²) in [6.07, 6.45) is -0.197. The summed E-state index contributed by atoms with van der Waals surface area (Å²) in [5.74, 6) is 0.0520. The number of imide groups is 1. The number of hydrogen-bond donors (Lipinski definition) is 0. The van der Waals surface area contributed by atoms with Crippen molar-refractivity contribution in [2.24, 2.45) is 0 Å². The van der Waals surface area contributed by atoms with Gasteiger partial charge in [0.2, 0.25) is 5.91 Å². The molecule has 0 unspecified atom stereocenters. The highest BCUT2D eigenvalue weighted by Gasteiger charge is 2.44. The molecular weight excluding hydrogens is 350 g/mol. The molecule has 0 aromatic heterocycles. The average molecular weight is 375 g/mol. The number of ether oxygens (including phenoxy) is 2. The maximum Gasteiger partial charge on any atom is 0.409 e. The quantitative estimate of drug-likeness (QED) is 0.726. The lowest BCUT2D eigenvalue weighted by Crippen LogP contribution is -2.54. The molecule has 8 nitrogen and oxygen atoms in total. The van der Waals surface area contributed by atoms with E-state index in [9.17, 15) is 14.4 Å². The first-order valence-electron chi connectivity index (χ1n) is 9.31. The summed E-state index contributed by atoms with van der Waals surface area (Å²) in [6, 6.07) is 6.57. The fourth-order valence-corrected chi connectivity index (χ4v) is 3.50. The molecule has 0 bridgehead atoms. The lowest BCUT2D eigenvalue weighted by atomic mass is 10.2.